The molecule has 0 spiro atoms. The summed E-state index contributed by atoms with van der Waals surface area (Å²) >= 11 is 1.49. The fourth-order valence-electron chi connectivity index (χ4n) is 2.86. The van der Waals surface area contributed by atoms with Gasteiger partial charge in [-0.25, -0.2) is 0 Å². The molecule has 118 valence electrons. The highest BCUT2D eigenvalue weighted by Gasteiger charge is 2.35. The van der Waals surface area contributed by atoms with Crippen molar-refractivity contribution in [2.24, 2.45) is 11.8 Å². The monoisotopic (exact) mass is 312 g/mol. The molecule has 2 atom stereocenters. The van der Waals surface area contributed by atoms with E-state index >= 15 is 0 Å². The third-order valence-electron chi connectivity index (χ3n) is 3.86. The predicted octanol–water partition coefficient (Wildman–Crippen LogP) is 1.14. The first-order valence-electron chi connectivity index (χ1n) is 7.17. The standard InChI is InChI=1S/C15H24N2O3S/c1-16(2)6-11-7-17(8-12(11)9-18)15(19)14-5-4-13(21-14)10-20-3/h4-5,11-12,18H,6-10H2,1-3H3/t11-,12-/m1/s1. The molecule has 0 aliphatic carbocycles. The Kier molecular flexibility index (Phi) is 5.75. The van der Waals surface area contributed by atoms with Crippen LogP contribution in [0.2, 0.25) is 0 Å². The second-order valence-electron chi connectivity index (χ2n) is 5.87. The first-order chi connectivity index (χ1) is 10.0. The number of methoxy groups -OCH3 is 1. The summed E-state index contributed by atoms with van der Waals surface area (Å²) in [7, 11) is 5.70. The summed E-state index contributed by atoms with van der Waals surface area (Å²) < 4.78 is 5.09. The van der Waals surface area contributed by atoms with Crippen LogP contribution in [0.5, 0.6) is 0 Å². The van der Waals surface area contributed by atoms with E-state index < -0.39 is 0 Å². The van der Waals surface area contributed by atoms with Crippen molar-refractivity contribution in [3.8, 4) is 0 Å². The molecule has 1 N–H and O–H groups in total. The lowest BCUT2D eigenvalue weighted by molar-refractivity contribution is 0.0784. The van der Waals surface area contributed by atoms with Crippen molar-refractivity contribution >= 4 is 17.2 Å². The van der Waals surface area contributed by atoms with Gasteiger partial charge in [-0.05, 0) is 32.1 Å². The molecule has 5 nitrogen and oxygen atoms in total. The first-order valence-corrected chi connectivity index (χ1v) is 7.99. The molecule has 1 aliphatic heterocycles. The van der Waals surface area contributed by atoms with Gasteiger partial charge in [0.2, 0.25) is 0 Å². The minimum atomic E-state index is 0.0714. The van der Waals surface area contributed by atoms with Crippen molar-refractivity contribution in [2.45, 2.75) is 6.61 Å². The van der Waals surface area contributed by atoms with Crippen LogP contribution < -0.4 is 0 Å². The van der Waals surface area contributed by atoms with Gasteiger partial charge in [0.05, 0.1) is 11.5 Å². The van der Waals surface area contributed by atoms with Crippen LogP contribution in [0.1, 0.15) is 14.5 Å². The number of likely N-dealkylation sites (tertiary alicyclic amines) is 1. The van der Waals surface area contributed by atoms with Crippen molar-refractivity contribution in [1.82, 2.24) is 9.80 Å². The van der Waals surface area contributed by atoms with Gasteiger partial charge >= 0.3 is 0 Å². The molecule has 1 saturated heterocycles. The largest absolute Gasteiger partial charge is 0.396 e. The summed E-state index contributed by atoms with van der Waals surface area (Å²) in [6, 6.07) is 3.81. The number of carbonyl (C=O) groups is 1. The van der Waals surface area contributed by atoms with E-state index in [4.69, 9.17) is 4.74 Å². The van der Waals surface area contributed by atoms with Gasteiger partial charge in [0.25, 0.3) is 5.91 Å². The Morgan fingerprint density at radius 3 is 2.76 bits per heavy atom. The van der Waals surface area contributed by atoms with Crippen LogP contribution in [0.4, 0.5) is 0 Å². The summed E-state index contributed by atoms with van der Waals surface area (Å²) in [6.07, 6.45) is 0. The zero-order valence-corrected chi connectivity index (χ0v) is 13.7. The number of thiophene rings is 1. The predicted molar refractivity (Wildman–Crippen MR) is 83.6 cm³/mol. The Morgan fingerprint density at radius 1 is 1.43 bits per heavy atom. The maximum absolute atomic E-state index is 12.6. The van der Waals surface area contributed by atoms with E-state index in [1.54, 1.807) is 7.11 Å². The summed E-state index contributed by atoms with van der Waals surface area (Å²) in [5.41, 5.74) is 0. The minimum Gasteiger partial charge on any atom is -0.396 e. The molecular weight excluding hydrogens is 288 g/mol. The molecule has 0 aromatic carbocycles. The number of aliphatic hydroxyl groups is 1. The molecule has 1 amide bonds. The fourth-order valence-corrected chi connectivity index (χ4v) is 3.80. The Bertz CT molecular complexity index is 475. The molecule has 0 bridgehead atoms. The minimum absolute atomic E-state index is 0.0714. The third kappa shape index (κ3) is 4.03. The summed E-state index contributed by atoms with van der Waals surface area (Å²) in [5.74, 6) is 0.587. The molecule has 1 aromatic rings. The molecule has 21 heavy (non-hydrogen) atoms. The fraction of sp³-hybridized carbons (Fsp3) is 0.667. The molecule has 6 heteroatoms. The molecule has 2 heterocycles. The van der Waals surface area contributed by atoms with Crippen molar-refractivity contribution in [3.63, 3.8) is 0 Å². The third-order valence-corrected chi connectivity index (χ3v) is 4.90. The Balaban J connectivity index is 2.02. The van der Waals surface area contributed by atoms with Gasteiger partial charge in [-0.1, -0.05) is 0 Å². The number of carbonyl (C=O) groups excluding carboxylic acids is 1. The number of rotatable bonds is 6. The van der Waals surface area contributed by atoms with Crippen LogP contribution in [0.3, 0.4) is 0 Å². The highest BCUT2D eigenvalue weighted by molar-refractivity contribution is 7.14. The average molecular weight is 312 g/mol. The molecule has 1 aliphatic rings. The van der Waals surface area contributed by atoms with Crippen LogP contribution in [-0.4, -0.2) is 68.3 Å². The topological polar surface area (TPSA) is 53.0 Å². The molecule has 0 unspecified atom stereocenters. The van der Waals surface area contributed by atoms with Crippen LogP contribution >= 0.6 is 11.3 Å². The number of aliphatic hydroxyl groups excluding tert-OH is 1. The van der Waals surface area contributed by atoms with E-state index in [2.05, 4.69) is 4.90 Å². The highest BCUT2D eigenvalue weighted by Crippen LogP contribution is 2.27. The smallest absolute Gasteiger partial charge is 0.263 e. The van der Waals surface area contributed by atoms with Gasteiger partial charge < -0.3 is 19.6 Å². The first kappa shape index (κ1) is 16.4. The number of hydrogen-bond donors (Lipinski definition) is 1. The van der Waals surface area contributed by atoms with E-state index in [1.165, 1.54) is 11.3 Å². The van der Waals surface area contributed by atoms with Crippen LogP contribution in [0, 0.1) is 11.8 Å². The number of ether oxygens (including phenoxy) is 1. The van der Waals surface area contributed by atoms with Crippen molar-refractivity contribution < 1.29 is 14.6 Å². The second kappa shape index (κ2) is 7.35. The van der Waals surface area contributed by atoms with E-state index in [9.17, 15) is 9.90 Å². The number of amides is 1. The maximum atomic E-state index is 12.6. The van der Waals surface area contributed by atoms with Gasteiger partial charge in [0.1, 0.15) is 0 Å². The molecule has 2 rings (SSSR count). The van der Waals surface area contributed by atoms with E-state index in [-0.39, 0.29) is 18.4 Å². The average Bonchev–Trinajstić information content (AvgIpc) is 3.04. The zero-order valence-electron chi connectivity index (χ0n) is 12.9. The van der Waals surface area contributed by atoms with Crippen LogP contribution in [0.15, 0.2) is 12.1 Å². The number of nitrogens with zero attached hydrogens (tertiary/aromatic N) is 2. The molecular formula is C15H24N2O3S. The van der Waals surface area contributed by atoms with Gasteiger partial charge in [-0.15, -0.1) is 11.3 Å². The quantitative estimate of drug-likeness (QED) is 0.856. The van der Waals surface area contributed by atoms with Crippen molar-refractivity contribution in [2.75, 3.05) is 47.4 Å². The van der Waals surface area contributed by atoms with Crippen molar-refractivity contribution in [1.29, 1.82) is 0 Å². The lowest BCUT2D eigenvalue weighted by Gasteiger charge is -2.20. The summed E-state index contributed by atoms with van der Waals surface area (Å²) in [6.45, 7) is 2.95. The van der Waals surface area contributed by atoms with Crippen molar-refractivity contribution in [3.05, 3.63) is 21.9 Å². The lowest BCUT2D eigenvalue weighted by atomic mass is 9.97. The van der Waals surface area contributed by atoms with E-state index in [0.29, 0.717) is 19.1 Å². The van der Waals surface area contributed by atoms with Crippen LogP contribution in [0.25, 0.3) is 0 Å². The highest BCUT2D eigenvalue weighted by atomic mass is 32.1. The van der Waals surface area contributed by atoms with E-state index in [0.717, 1.165) is 22.8 Å². The molecule has 1 fully saturated rings. The Hall–Kier alpha value is -0.950. The maximum Gasteiger partial charge on any atom is 0.263 e. The SMILES string of the molecule is COCc1ccc(C(=O)N2C[C@@H](CN(C)C)[C@@H](CO)C2)s1. The summed E-state index contributed by atoms with van der Waals surface area (Å²) in [4.78, 5) is 18.4. The van der Waals surface area contributed by atoms with E-state index in [1.807, 2.05) is 31.1 Å². The zero-order chi connectivity index (χ0) is 15.4. The normalized spacial score (nSPS) is 22.2. The molecule has 0 saturated carbocycles. The van der Waals surface area contributed by atoms with Gasteiger partial charge in [-0.3, -0.25) is 4.79 Å². The Morgan fingerprint density at radius 2 is 2.14 bits per heavy atom. The van der Waals surface area contributed by atoms with Gasteiger partial charge in [0, 0.05) is 44.1 Å². The Labute approximate surface area is 130 Å². The summed E-state index contributed by atoms with van der Waals surface area (Å²) in [5, 5.41) is 9.52. The molecule has 0 radical (unpaired) electrons. The van der Waals surface area contributed by atoms with Gasteiger partial charge in [-0.2, -0.15) is 0 Å². The lowest BCUT2D eigenvalue weighted by Crippen LogP contribution is -2.30. The van der Waals surface area contributed by atoms with Gasteiger partial charge in [0.15, 0.2) is 0 Å². The second-order valence-corrected chi connectivity index (χ2v) is 7.04. The molecule has 1 aromatic heterocycles. The number of hydrogen-bond acceptors (Lipinski definition) is 5. The van der Waals surface area contributed by atoms with Crippen LogP contribution in [-0.2, 0) is 11.3 Å².